The van der Waals surface area contributed by atoms with Crippen molar-refractivity contribution in [2.45, 2.75) is 36.0 Å². The molecule has 13 nitrogen and oxygen atoms in total. The van der Waals surface area contributed by atoms with Crippen molar-refractivity contribution in [2.75, 3.05) is 27.4 Å². The predicted molar refractivity (Wildman–Crippen MR) is 212 cm³/mol. The van der Waals surface area contributed by atoms with Crippen LogP contribution in [0.3, 0.4) is 0 Å². The standard InChI is InChI=1S/C20H16ClN3O3S.C18H13ClN4O3S/c1-2-13-8-12(10-22)9-17-14(13)6-7-24(17)28(26,27)18-5-3-4-15-19(18)16(21)11-23-20(15)25;19-13-9-22-18(24)12-2-1-3-16(17(12)13)27(25,26)23-5-4-11-14(21)6-10(8-20)7-15(11)23/h3-5,8-9,11H,2,6-7H2,1H3,(H,23,25);1-3,6-7,9H,4-5,21H2,(H,22,24). The van der Waals surface area contributed by atoms with E-state index in [0.717, 1.165) is 11.1 Å². The molecule has 55 heavy (non-hydrogen) atoms. The van der Waals surface area contributed by atoms with Gasteiger partial charge in [-0.15, -0.1) is 0 Å². The molecule has 6 aromatic rings. The Kier molecular flexibility index (Phi) is 9.61. The Bertz CT molecular complexity index is 3040. The normalized spacial score (nSPS) is 13.5. The number of nitriles is 2. The quantitative estimate of drug-likeness (QED) is 0.180. The summed E-state index contributed by atoms with van der Waals surface area (Å²) in [5.41, 5.74) is 9.73. The van der Waals surface area contributed by atoms with Gasteiger partial charge in [0.05, 0.1) is 54.5 Å². The van der Waals surface area contributed by atoms with Crippen molar-refractivity contribution in [1.82, 2.24) is 9.97 Å². The average Bonchev–Trinajstić information content (AvgIpc) is 3.83. The van der Waals surface area contributed by atoms with Gasteiger partial charge in [0.15, 0.2) is 0 Å². The second kappa shape index (κ2) is 14.1. The third kappa shape index (κ3) is 6.25. The number of aryl methyl sites for hydroxylation is 1. The molecule has 0 amide bonds. The highest BCUT2D eigenvalue weighted by Crippen LogP contribution is 2.40. The molecule has 0 atom stereocenters. The van der Waals surface area contributed by atoms with E-state index in [2.05, 4.69) is 16.0 Å². The lowest BCUT2D eigenvalue weighted by atomic mass is 10.00. The van der Waals surface area contributed by atoms with Crippen LogP contribution in [-0.2, 0) is 39.3 Å². The van der Waals surface area contributed by atoms with Gasteiger partial charge in [0, 0.05) is 58.3 Å². The lowest BCUT2D eigenvalue weighted by Gasteiger charge is -2.21. The Balaban J connectivity index is 0.000000169. The zero-order valence-electron chi connectivity index (χ0n) is 28.9. The van der Waals surface area contributed by atoms with Gasteiger partial charge in [-0.25, -0.2) is 16.8 Å². The number of aromatic amines is 2. The Morgan fingerprint density at radius 2 is 1.18 bits per heavy atom. The van der Waals surface area contributed by atoms with Gasteiger partial charge in [-0.2, -0.15) is 10.5 Å². The molecule has 0 aliphatic carbocycles. The first-order valence-corrected chi connectivity index (χ1v) is 20.4. The number of H-pyrrole nitrogens is 2. The van der Waals surface area contributed by atoms with E-state index in [-0.39, 0.29) is 60.0 Å². The highest BCUT2D eigenvalue weighted by atomic mass is 35.5. The molecule has 4 heterocycles. The van der Waals surface area contributed by atoms with Crippen molar-refractivity contribution < 1.29 is 16.8 Å². The summed E-state index contributed by atoms with van der Waals surface area (Å²) in [6, 6.07) is 19.5. The summed E-state index contributed by atoms with van der Waals surface area (Å²) in [6.07, 6.45) is 4.29. The Morgan fingerprint density at radius 1 is 0.727 bits per heavy atom. The minimum absolute atomic E-state index is 0.0191. The summed E-state index contributed by atoms with van der Waals surface area (Å²) < 4.78 is 56.5. The van der Waals surface area contributed by atoms with E-state index in [1.165, 1.54) is 63.5 Å². The largest absolute Gasteiger partial charge is 0.398 e. The van der Waals surface area contributed by atoms with Crippen LogP contribution in [0.4, 0.5) is 17.1 Å². The number of rotatable bonds is 5. The SMILES string of the molecule is CCc1cc(C#N)cc2c1CCN2S(=O)(=O)c1cccc2c(=O)[nH]cc(Cl)c12.N#Cc1cc(N)c2c(c1)N(S(=O)(=O)c1cccc3c(=O)[nH]cc(Cl)c13)CC2. The Hall–Kier alpha value is -5.84. The number of fused-ring (bicyclic) bond motifs is 4. The molecule has 0 bridgehead atoms. The van der Waals surface area contributed by atoms with E-state index in [1.807, 2.05) is 19.1 Å². The lowest BCUT2D eigenvalue weighted by Crippen LogP contribution is -2.29. The molecule has 0 fully saturated rings. The van der Waals surface area contributed by atoms with Gasteiger partial charge in [-0.05, 0) is 78.9 Å². The molecule has 0 spiro atoms. The molecule has 0 saturated carbocycles. The third-order valence-electron chi connectivity index (χ3n) is 9.70. The minimum Gasteiger partial charge on any atom is -0.398 e. The monoisotopic (exact) mass is 813 g/mol. The molecule has 4 N–H and O–H groups in total. The number of aromatic nitrogens is 2. The second-order valence-corrected chi connectivity index (χ2v) is 17.2. The van der Waals surface area contributed by atoms with Crippen molar-refractivity contribution in [3.63, 3.8) is 0 Å². The number of nitrogens with zero attached hydrogens (tertiary/aromatic N) is 4. The molecule has 4 aromatic carbocycles. The first kappa shape index (κ1) is 37.5. The number of nitrogens with one attached hydrogen (secondary N) is 2. The number of nitrogen functional groups attached to an aromatic ring is 1. The maximum absolute atomic E-state index is 13.5. The highest BCUT2D eigenvalue weighted by Gasteiger charge is 2.35. The molecular weight excluding hydrogens is 786 g/mol. The van der Waals surface area contributed by atoms with Crippen LogP contribution in [0.15, 0.2) is 92.4 Å². The zero-order chi connectivity index (χ0) is 39.4. The predicted octanol–water partition coefficient (Wildman–Crippen LogP) is 5.75. The van der Waals surface area contributed by atoms with E-state index in [1.54, 1.807) is 12.1 Å². The Morgan fingerprint density at radius 3 is 1.65 bits per heavy atom. The van der Waals surface area contributed by atoms with E-state index in [0.29, 0.717) is 47.5 Å². The van der Waals surface area contributed by atoms with Gasteiger partial charge >= 0.3 is 0 Å². The van der Waals surface area contributed by atoms with Crippen LogP contribution < -0.4 is 25.5 Å². The number of anilines is 3. The van der Waals surface area contributed by atoms with Crippen molar-refractivity contribution >= 4 is 81.9 Å². The maximum atomic E-state index is 13.5. The fourth-order valence-electron chi connectivity index (χ4n) is 7.17. The van der Waals surface area contributed by atoms with Crippen molar-refractivity contribution in [3.8, 4) is 12.1 Å². The van der Waals surface area contributed by atoms with Crippen LogP contribution in [0.1, 0.15) is 34.7 Å². The van der Waals surface area contributed by atoms with Gasteiger partial charge in [-0.3, -0.25) is 18.2 Å². The average molecular weight is 815 g/mol. The smallest absolute Gasteiger partial charge is 0.265 e. The summed E-state index contributed by atoms with van der Waals surface area (Å²) in [4.78, 5) is 29.1. The van der Waals surface area contributed by atoms with E-state index < -0.39 is 31.2 Å². The number of sulfonamides is 2. The number of nitrogens with two attached hydrogens (primary N) is 1. The molecule has 0 unspecified atom stereocenters. The van der Waals surface area contributed by atoms with Crippen LogP contribution in [0, 0.1) is 22.7 Å². The fraction of sp³-hybridized carbons (Fsp3) is 0.158. The maximum Gasteiger partial charge on any atom is 0.265 e. The van der Waals surface area contributed by atoms with Gasteiger partial charge in [0.25, 0.3) is 31.2 Å². The van der Waals surface area contributed by atoms with Crippen LogP contribution in [-0.4, -0.2) is 39.9 Å². The number of benzene rings is 4. The van der Waals surface area contributed by atoms with Gasteiger partial charge in [0.2, 0.25) is 0 Å². The lowest BCUT2D eigenvalue weighted by molar-refractivity contribution is 0.591. The topological polar surface area (TPSA) is 214 Å². The summed E-state index contributed by atoms with van der Waals surface area (Å²) in [5, 5.41) is 19.6. The summed E-state index contributed by atoms with van der Waals surface area (Å²) in [7, 11) is -8.01. The van der Waals surface area contributed by atoms with Crippen molar-refractivity contribution in [1.29, 1.82) is 10.5 Å². The molecule has 278 valence electrons. The van der Waals surface area contributed by atoms with Gasteiger partial charge < -0.3 is 15.7 Å². The van der Waals surface area contributed by atoms with Gasteiger partial charge in [0.1, 0.15) is 0 Å². The summed E-state index contributed by atoms with van der Waals surface area (Å²) in [5.74, 6) is 0. The van der Waals surface area contributed by atoms with Gasteiger partial charge in [-0.1, -0.05) is 42.3 Å². The van der Waals surface area contributed by atoms with Crippen LogP contribution in [0.2, 0.25) is 10.0 Å². The summed E-state index contributed by atoms with van der Waals surface area (Å²) in [6.45, 7) is 2.44. The molecule has 17 heteroatoms. The number of hydrogen-bond donors (Lipinski definition) is 3. The number of halogens is 2. The van der Waals surface area contributed by atoms with Crippen LogP contribution in [0.5, 0.6) is 0 Å². The number of pyridine rings is 2. The molecule has 0 radical (unpaired) electrons. The fourth-order valence-corrected chi connectivity index (χ4v) is 11.2. The molecule has 2 aromatic heterocycles. The van der Waals surface area contributed by atoms with E-state index >= 15 is 0 Å². The number of hydrogen-bond acceptors (Lipinski definition) is 9. The molecule has 8 rings (SSSR count). The summed E-state index contributed by atoms with van der Waals surface area (Å²) >= 11 is 12.5. The third-order valence-corrected chi connectivity index (χ3v) is 14.0. The van der Waals surface area contributed by atoms with Crippen LogP contribution in [0.25, 0.3) is 21.5 Å². The molecule has 0 saturated heterocycles. The molecule has 2 aliphatic heterocycles. The zero-order valence-corrected chi connectivity index (χ0v) is 32.0. The molecular formula is C38H29Cl2N7O6S2. The van der Waals surface area contributed by atoms with E-state index in [9.17, 15) is 36.9 Å². The van der Waals surface area contributed by atoms with Crippen molar-refractivity contribution in [2.24, 2.45) is 0 Å². The second-order valence-electron chi connectivity index (χ2n) is 12.7. The highest BCUT2D eigenvalue weighted by molar-refractivity contribution is 7.93. The van der Waals surface area contributed by atoms with Crippen LogP contribution >= 0.6 is 23.2 Å². The first-order chi connectivity index (χ1) is 26.2. The first-order valence-electron chi connectivity index (χ1n) is 16.8. The minimum atomic E-state index is -4.03. The van der Waals surface area contributed by atoms with Crippen molar-refractivity contribution in [3.05, 3.63) is 132 Å². The van der Waals surface area contributed by atoms with E-state index in [4.69, 9.17) is 28.9 Å². The Labute approximate surface area is 324 Å². The molecule has 2 aliphatic rings.